The number of nitrogens with one attached hydrogen (secondary N) is 3. The number of aromatic hydroxyl groups is 1. The van der Waals surface area contributed by atoms with Gasteiger partial charge in [-0.05, 0) is 90.5 Å². The van der Waals surface area contributed by atoms with E-state index in [1.807, 2.05) is 93.7 Å². The average molecular weight is 1210 g/mol. The van der Waals surface area contributed by atoms with Gasteiger partial charge in [0, 0.05) is 69.7 Å². The molecule has 3 atom stereocenters. The standard InChI is InChI=1S/C62H78ClFN10O10S/c1-7-52(78)72-21-23-73(24-22-72)58-48-36-49(63)53(47-34-44(75)33-43-11-8-9-12-46(43)47)54(64)55(48)69-61(70-58)66-18-10-20-71(6)25-26-81-27-28-82-29-30-83-31-32-84-38-51(77)68-57(62(3,4)5)60(80)74-37-45(76)35-50(74)59(79)65-19-17-41-13-15-42(16-14-41)56-40(2)67-39-85-56/h7-9,11-16,33-34,36,39,45,50,57,75-76H,1,10,17-32,35,37-38H2,2-6H3,(H,65,79)(H,68,77)(H,66,69,70)/t45?,50?,57-/m1/s1. The van der Waals surface area contributed by atoms with Gasteiger partial charge in [-0.1, -0.05) is 87.5 Å². The van der Waals surface area contributed by atoms with Crippen LogP contribution in [0.4, 0.5) is 16.2 Å². The smallest absolute Gasteiger partial charge is 0.246 e. The highest BCUT2D eigenvalue weighted by Crippen LogP contribution is 2.42. The van der Waals surface area contributed by atoms with Gasteiger partial charge < -0.3 is 64.7 Å². The van der Waals surface area contributed by atoms with Crippen molar-refractivity contribution in [2.45, 2.75) is 65.1 Å². The normalized spacial score (nSPS) is 15.9. The van der Waals surface area contributed by atoms with Crippen LogP contribution in [0.2, 0.25) is 5.02 Å². The summed E-state index contributed by atoms with van der Waals surface area (Å²) in [4.78, 5) is 75.1. The number of anilines is 2. The van der Waals surface area contributed by atoms with Gasteiger partial charge in [-0.3, -0.25) is 19.2 Å². The minimum Gasteiger partial charge on any atom is -0.508 e. The summed E-state index contributed by atoms with van der Waals surface area (Å²) in [5.74, 6) is -1.36. The van der Waals surface area contributed by atoms with E-state index in [-0.39, 0.29) is 72.4 Å². The molecule has 4 aromatic carbocycles. The van der Waals surface area contributed by atoms with Crippen LogP contribution in [0.5, 0.6) is 5.75 Å². The lowest BCUT2D eigenvalue weighted by atomic mass is 9.85. The molecule has 2 aromatic heterocycles. The number of ether oxygens (including phenoxy) is 4. The summed E-state index contributed by atoms with van der Waals surface area (Å²) in [5.41, 5.74) is 4.88. The number of phenolic OH excluding ortho intramolecular Hbond substituents is 1. The monoisotopic (exact) mass is 1210 g/mol. The highest BCUT2D eigenvalue weighted by atomic mass is 35.5. The Labute approximate surface area is 504 Å². The number of aromatic nitrogens is 3. The fraction of sp³-hybridized carbons (Fsp3) is 0.468. The number of amides is 4. The number of aliphatic hydroxyl groups excluding tert-OH is 1. The van der Waals surface area contributed by atoms with Gasteiger partial charge in [0.15, 0.2) is 5.82 Å². The minimum atomic E-state index is -0.976. The number of likely N-dealkylation sites (N-methyl/N-ethyl adjacent to an activating group) is 1. The molecule has 6 aromatic rings. The molecule has 0 saturated carbocycles. The predicted molar refractivity (Wildman–Crippen MR) is 328 cm³/mol. The Morgan fingerprint density at radius 2 is 1.60 bits per heavy atom. The molecule has 0 bridgehead atoms. The molecule has 456 valence electrons. The van der Waals surface area contributed by atoms with Crippen molar-refractivity contribution >= 4 is 80.0 Å². The van der Waals surface area contributed by atoms with Crippen LogP contribution < -0.4 is 20.9 Å². The summed E-state index contributed by atoms with van der Waals surface area (Å²) in [5, 5.41) is 32.3. The number of nitrogens with zero attached hydrogens (tertiary/aromatic N) is 7. The number of hydrogen-bond acceptors (Lipinski definition) is 17. The molecule has 5 N–H and O–H groups in total. The molecule has 4 amide bonds. The number of thiazole rings is 1. The van der Waals surface area contributed by atoms with Crippen molar-refractivity contribution in [3.8, 4) is 27.3 Å². The number of aliphatic hydroxyl groups is 1. The third kappa shape index (κ3) is 17.2. The molecule has 2 aliphatic heterocycles. The quantitative estimate of drug-likeness (QED) is 0.0238. The van der Waals surface area contributed by atoms with Crippen molar-refractivity contribution in [3.05, 3.63) is 107 Å². The summed E-state index contributed by atoms with van der Waals surface area (Å²) >= 11 is 8.49. The van der Waals surface area contributed by atoms with E-state index in [0.717, 1.165) is 45.4 Å². The fourth-order valence-corrected chi connectivity index (χ4v) is 11.5. The maximum Gasteiger partial charge on any atom is 0.246 e. The lowest BCUT2D eigenvalue weighted by Gasteiger charge is -2.35. The van der Waals surface area contributed by atoms with Crippen LogP contribution in [0.15, 0.2) is 84.9 Å². The van der Waals surface area contributed by atoms with Gasteiger partial charge in [0.2, 0.25) is 29.6 Å². The van der Waals surface area contributed by atoms with Crippen LogP contribution in [-0.4, -0.2) is 200 Å². The van der Waals surface area contributed by atoms with Crippen molar-refractivity contribution in [1.82, 2.24) is 40.3 Å². The van der Waals surface area contributed by atoms with E-state index in [2.05, 4.69) is 37.4 Å². The number of fused-ring (bicyclic) bond motifs is 2. The molecule has 23 heteroatoms. The van der Waals surface area contributed by atoms with E-state index in [0.29, 0.717) is 102 Å². The van der Waals surface area contributed by atoms with Gasteiger partial charge in [-0.2, -0.15) is 4.98 Å². The molecule has 2 unspecified atom stereocenters. The molecule has 0 aliphatic carbocycles. The SMILES string of the molecule is C=CC(=O)N1CCN(c2nc(NCCCN(C)CCOCCOCCOCCOCC(=O)N[C@H](C(=O)N3CC(O)CC3C(=O)NCCc3ccc(-c4scnc4C)cc3)C(C)(C)C)nc3c(F)c(-c4cc(O)cc5ccccc45)c(Cl)cc23)CC1. The van der Waals surface area contributed by atoms with Crippen molar-refractivity contribution in [2.75, 3.05) is 129 Å². The first kappa shape index (κ1) is 64.1. The first-order valence-electron chi connectivity index (χ1n) is 28.8. The number of benzene rings is 4. The second kappa shape index (κ2) is 30.5. The molecule has 8 rings (SSSR count). The van der Waals surface area contributed by atoms with E-state index in [9.17, 15) is 29.4 Å². The summed E-state index contributed by atoms with van der Waals surface area (Å²) in [7, 11) is 2.00. The van der Waals surface area contributed by atoms with Crippen LogP contribution in [0.3, 0.4) is 0 Å². The maximum absolute atomic E-state index is 17.0. The fourth-order valence-electron chi connectivity index (χ4n) is 10.4. The zero-order valence-corrected chi connectivity index (χ0v) is 50.6. The van der Waals surface area contributed by atoms with Gasteiger partial charge >= 0.3 is 0 Å². The number of phenols is 1. The minimum absolute atomic E-state index is 0.0203. The molecule has 2 aliphatic rings. The first-order valence-corrected chi connectivity index (χ1v) is 30.0. The van der Waals surface area contributed by atoms with Gasteiger partial charge in [0.25, 0.3) is 0 Å². The Kier molecular flexibility index (Phi) is 23.0. The van der Waals surface area contributed by atoms with Crippen LogP contribution >= 0.6 is 22.9 Å². The zero-order valence-electron chi connectivity index (χ0n) is 49.0. The van der Waals surface area contributed by atoms with E-state index < -0.39 is 41.2 Å². The molecule has 4 heterocycles. The lowest BCUT2D eigenvalue weighted by Crippen LogP contribution is -2.58. The highest BCUT2D eigenvalue weighted by molar-refractivity contribution is 7.13. The molecule has 0 spiro atoms. The van der Waals surface area contributed by atoms with Crippen LogP contribution in [0.1, 0.15) is 44.9 Å². The Morgan fingerprint density at radius 1 is 0.906 bits per heavy atom. The molecule has 2 saturated heterocycles. The summed E-state index contributed by atoms with van der Waals surface area (Å²) < 4.78 is 39.6. The molecular weight excluding hydrogens is 1130 g/mol. The third-order valence-electron chi connectivity index (χ3n) is 15.0. The third-order valence-corrected chi connectivity index (χ3v) is 16.2. The van der Waals surface area contributed by atoms with Gasteiger partial charge in [0.05, 0.1) is 73.5 Å². The van der Waals surface area contributed by atoms with Gasteiger partial charge in [-0.25, -0.2) is 14.4 Å². The second-order valence-corrected chi connectivity index (χ2v) is 23.5. The number of rotatable bonds is 29. The van der Waals surface area contributed by atoms with Crippen molar-refractivity contribution < 1.29 is 52.7 Å². The predicted octanol–water partition coefficient (Wildman–Crippen LogP) is 6.87. The molecular formula is C62H78ClFN10O10S. The number of carbonyl (C=O) groups is 4. The number of likely N-dealkylation sites (tertiary alicyclic amines) is 1. The highest BCUT2D eigenvalue weighted by Gasteiger charge is 2.44. The second-order valence-electron chi connectivity index (χ2n) is 22.3. The lowest BCUT2D eigenvalue weighted by molar-refractivity contribution is -0.144. The maximum atomic E-state index is 17.0. The van der Waals surface area contributed by atoms with Crippen LogP contribution in [-0.2, 0) is 44.5 Å². The van der Waals surface area contributed by atoms with Crippen LogP contribution in [0.25, 0.3) is 43.2 Å². The van der Waals surface area contributed by atoms with Gasteiger partial charge in [-0.15, -0.1) is 11.3 Å². The number of β-amino-alcohol motifs (C(OH)–C–C–N with tert-alkyl or cyclic N) is 1. The summed E-state index contributed by atoms with van der Waals surface area (Å²) in [6, 6.07) is 18.5. The molecule has 2 fully saturated rings. The number of hydrogen-bond donors (Lipinski definition) is 5. The van der Waals surface area contributed by atoms with Crippen molar-refractivity contribution in [3.63, 3.8) is 0 Å². The number of carbonyl (C=O) groups excluding carboxylic acids is 4. The molecule has 20 nitrogen and oxygen atoms in total. The Hall–Kier alpha value is -6.89. The Bertz CT molecular complexity index is 3270. The molecule has 85 heavy (non-hydrogen) atoms. The molecule has 0 radical (unpaired) electrons. The average Bonchev–Trinajstić information content (AvgIpc) is 1.98. The zero-order chi connectivity index (χ0) is 60.6. The van der Waals surface area contributed by atoms with E-state index in [4.69, 9.17) is 35.5 Å². The van der Waals surface area contributed by atoms with Gasteiger partial charge in [0.1, 0.15) is 35.8 Å². The van der Waals surface area contributed by atoms with E-state index in [1.165, 1.54) is 17.0 Å². The largest absolute Gasteiger partial charge is 0.508 e. The first-order chi connectivity index (χ1) is 40.9. The topological polar surface area (TPSA) is 233 Å². The summed E-state index contributed by atoms with van der Waals surface area (Å²) in [6.45, 7) is 17.1. The van der Waals surface area contributed by atoms with Crippen LogP contribution in [0, 0.1) is 18.2 Å². The Morgan fingerprint density at radius 3 is 2.28 bits per heavy atom. The Balaban J connectivity index is 0.695. The number of piperazine rings is 1. The van der Waals surface area contributed by atoms with E-state index in [1.54, 1.807) is 28.4 Å². The number of halogens is 2. The summed E-state index contributed by atoms with van der Waals surface area (Å²) in [6.07, 6.45) is 1.83. The van der Waals surface area contributed by atoms with E-state index >= 15 is 4.39 Å². The van der Waals surface area contributed by atoms with Crippen molar-refractivity contribution in [2.24, 2.45) is 5.41 Å². The number of aryl methyl sites for hydroxylation is 1. The van der Waals surface area contributed by atoms with Crippen molar-refractivity contribution in [1.29, 1.82) is 0 Å².